The highest BCUT2D eigenvalue weighted by Crippen LogP contribution is 2.43. The van der Waals surface area contributed by atoms with Crippen LogP contribution < -0.4 is 10.2 Å². The van der Waals surface area contributed by atoms with E-state index in [4.69, 9.17) is 0 Å². The highest BCUT2D eigenvalue weighted by atomic mass is 16.1. The lowest BCUT2D eigenvalue weighted by atomic mass is 9.76. The van der Waals surface area contributed by atoms with E-state index in [2.05, 4.69) is 46.2 Å². The smallest absolute Gasteiger partial charge is 0.167 e. The number of H-pyrrole nitrogens is 1. The summed E-state index contributed by atoms with van der Waals surface area (Å²) in [6.07, 6.45) is 4.96. The van der Waals surface area contributed by atoms with Gasteiger partial charge in [-0.2, -0.15) is 0 Å². The fraction of sp³-hybridized carbons (Fsp3) is 0.304. The summed E-state index contributed by atoms with van der Waals surface area (Å²) in [6.45, 7) is 4.29. The van der Waals surface area contributed by atoms with E-state index in [1.54, 1.807) is 12.4 Å². The predicted octanol–water partition coefficient (Wildman–Crippen LogP) is 5.04. The van der Waals surface area contributed by atoms with Crippen LogP contribution >= 0.6 is 0 Å². The number of carbonyl (C=O) groups is 1. The molecule has 1 aromatic carbocycles. The predicted molar refractivity (Wildman–Crippen MR) is 115 cm³/mol. The molecule has 2 N–H and O–H groups in total. The van der Waals surface area contributed by atoms with Crippen molar-refractivity contribution in [3.05, 3.63) is 60.0 Å². The molecule has 0 spiro atoms. The molecular formula is C23H26N4O. The van der Waals surface area contributed by atoms with Crippen LogP contribution in [0.1, 0.15) is 36.3 Å². The zero-order valence-electron chi connectivity index (χ0n) is 16.8. The largest absolute Gasteiger partial charge is 0.378 e. The molecular weight excluding hydrogens is 348 g/mol. The Labute approximate surface area is 165 Å². The van der Waals surface area contributed by atoms with E-state index in [9.17, 15) is 4.79 Å². The second kappa shape index (κ2) is 6.82. The van der Waals surface area contributed by atoms with Crippen LogP contribution in [0.4, 0.5) is 17.1 Å². The second-order valence-corrected chi connectivity index (χ2v) is 8.47. The number of rotatable bonds is 4. The standard InChI is InChI=1S/C23H26N4O/c1-23(2)13-18-20(19(28)14-23)22(21(26-18)15-9-11-24-12-10-15)25-16-5-7-17(8-6-16)27(3)4/h5-12,25-26H,13-14H2,1-4H3. The SMILES string of the molecule is CN(C)c1ccc(Nc2c(-c3ccncc3)[nH]c3c2C(=O)CC(C)(C)C3)cc1. The number of nitrogens with zero attached hydrogens (tertiary/aromatic N) is 2. The Morgan fingerprint density at radius 3 is 2.36 bits per heavy atom. The molecule has 1 aliphatic carbocycles. The number of carbonyl (C=O) groups excluding carboxylic acids is 1. The maximum Gasteiger partial charge on any atom is 0.167 e. The van der Waals surface area contributed by atoms with Crippen molar-refractivity contribution < 1.29 is 4.79 Å². The van der Waals surface area contributed by atoms with E-state index < -0.39 is 0 Å². The normalized spacial score (nSPS) is 15.2. The number of aromatic nitrogens is 2. The van der Waals surface area contributed by atoms with E-state index in [0.717, 1.165) is 46.0 Å². The van der Waals surface area contributed by atoms with Crippen molar-refractivity contribution in [2.45, 2.75) is 26.7 Å². The van der Waals surface area contributed by atoms with Crippen LogP contribution in [-0.2, 0) is 6.42 Å². The van der Waals surface area contributed by atoms with Gasteiger partial charge < -0.3 is 15.2 Å². The molecule has 5 heteroatoms. The molecule has 144 valence electrons. The molecule has 5 nitrogen and oxygen atoms in total. The quantitative estimate of drug-likeness (QED) is 0.671. The Morgan fingerprint density at radius 2 is 1.71 bits per heavy atom. The highest BCUT2D eigenvalue weighted by Gasteiger charge is 2.35. The Balaban J connectivity index is 1.80. The maximum atomic E-state index is 13.0. The number of aromatic amines is 1. The third-order valence-corrected chi connectivity index (χ3v) is 5.27. The summed E-state index contributed by atoms with van der Waals surface area (Å²) in [5.74, 6) is 0.190. The molecule has 0 aliphatic heterocycles. The summed E-state index contributed by atoms with van der Waals surface area (Å²) in [7, 11) is 4.04. The van der Waals surface area contributed by atoms with Gasteiger partial charge in [-0.25, -0.2) is 0 Å². The van der Waals surface area contributed by atoms with Crippen molar-refractivity contribution >= 4 is 22.8 Å². The Morgan fingerprint density at radius 1 is 1.04 bits per heavy atom. The van der Waals surface area contributed by atoms with E-state index in [-0.39, 0.29) is 11.2 Å². The molecule has 0 saturated carbocycles. The number of hydrogen-bond donors (Lipinski definition) is 2. The Bertz CT molecular complexity index is 1000. The van der Waals surface area contributed by atoms with Gasteiger partial charge in [0.1, 0.15) is 0 Å². The van der Waals surface area contributed by atoms with Gasteiger partial charge in [0.05, 0.1) is 16.9 Å². The first kappa shape index (κ1) is 18.3. The molecule has 0 radical (unpaired) electrons. The zero-order chi connectivity index (χ0) is 19.9. The third kappa shape index (κ3) is 3.40. The van der Waals surface area contributed by atoms with Gasteiger partial charge in [-0.3, -0.25) is 9.78 Å². The van der Waals surface area contributed by atoms with E-state index >= 15 is 0 Å². The van der Waals surface area contributed by atoms with E-state index in [1.807, 2.05) is 38.4 Å². The number of ketones is 1. The first-order chi connectivity index (χ1) is 13.3. The molecule has 0 atom stereocenters. The van der Waals surface area contributed by atoms with Crippen molar-refractivity contribution in [1.82, 2.24) is 9.97 Å². The van der Waals surface area contributed by atoms with Crippen LogP contribution in [0.25, 0.3) is 11.3 Å². The Hall–Kier alpha value is -3.08. The number of benzene rings is 1. The van der Waals surface area contributed by atoms with Crippen molar-refractivity contribution in [1.29, 1.82) is 0 Å². The van der Waals surface area contributed by atoms with Crippen LogP contribution in [0.2, 0.25) is 0 Å². The van der Waals surface area contributed by atoms with Crippen LogP contribution in [0.3, 0.4) is 0 Å². The topological polar surface area (TPSA) is 61.0 Å². The van der Waals surface area contributed by atoms with Gasteiger partial charge in [-0.1, -0.05) is 13.8 Å². The average molecular weight is 374 g/mol. The summed E-state index contributed by atoms with van der Waals surface area (Å²) < 4.78 is 0. The van der Waals surface area contributed by atoms with Gasteiger partial charge in [0.15, 0.2) is 5.78 Å². The first-order valence-electron chi connectivity index (χ1n) is 9.57. The first-order valence-corrected chi connectivity index (χ1v) is 9.57. The summed E-state index contributed by atoms with van der Waals surface area (Å²) in [5.41, 5.74) is 6.68. The van der Waals surface area contributed by atoms with Crippen LogP contribution in [0, 0.1) is 5.41 Å². The number of hydrogen-bond acceptors (Lipinski definition) is 4. The molecule has 0 bridgehead atoms. The molecule has 0 unspecified atom stereocenters. The highest BCUT2D eigenvalue weighted by molar-refractivity contribution is 6.07. The summed E-state index contributed by atoms with van der Waals surface area (Å²) in [6, 6.07) is 12.2. The second-order valence-electron chi connectivity index (χ2n) is 8.47. The lowest BCUT2D eigenvalue weighted by Crippen LogP contribution is -2.26. The Kier molecular flexibility index (Phi) is 4.46. The van der Waals surface area contributed by atoms with Gasteiger partial charge in [0, 0.05) is 55.5 Å². The summed E-state index contributed by atoms with van der Waals surface area (Å²) in [4.78, 5) is 22.7. The molecule has 2 heterocycles. The minimum absolute atomic E-state index is 0.0327. The van der Waals surface area contributed by atoms with E-state index in [0.29, 0.717) is 6.42 Å². The molecule has 3 aromatic rings. The molecule has 4 rings (SSSR count). The number of fused-ring (bicyclic) bond motifs is 1. The number of nitrogens with one attached hydrogen (secondary N) is 2. The summed E-state index contributed by atoms with van der Waals surface area (Å²) in [5, 5.41) is 3.51. The lowest BCUT2D eigenvalue weighted by molar-refractivity contribution is 0.0912. The van der Waals surface area contributed by atoms with Gasteiger partial charge >= 0.3 is 0 Å². The number of Topliss-reactive ketones (excluding diaryl/α,β-unsaturated/α-hetero) is 1. The maximum absolute atomic E-state index is 13.0. The van der Waals surface area contributed by atoms with Gasteiger partial charge in [-0.05, 0) is 48.2 Å². The molecule has 1 aliphatic rings. The van der Waals surface area contributed by atoms with Crippen molar-refractivity contribution in [2.24, 2.45) is 5.41 Å². The fourth-order valence-corrected chi connectivity index (χ4v) is 3.90. The minimum atomic E-state index is -0.0327. The lowest BCUT2D eigenvalue weighted by Gasteiger charge is -2.28. The van der Waals surface area contributed by atoms with E-state index in [1.165, 1.54) is 0 Å². The number of anilines is 3. The molecule has 0 fully saturated rings. The number of pyridine rings is 1. The van der Waals surface area contributed by atoms with Gasteiger partial charge in [0.25, 0.3) is 0 Å². The fourth-order valence-electron chi connectivity index (χ4n) is 3.90. The third-order valence-electron chi connectivity index (χ3n) is 5.27. The zero-order valence-corrected chi connectivity index (χ0v) is 16.8. The van der Waals surface area contributed by atoms with Crippen molar-refractivity contribution in [3.63, 3.8) is 0 Å². The van der Waals surface area contributed by atoms with Crippen molar-refractivity contribution in [3.8, 4) is 11.3 Å². The molecule has 2 aromatic heterocycles. The molecule has 0 saturated heterocycles. The summed E-state index contributed by atoms with van der Waals surface area (Å²) >= 11 is 0. The van der Waals surface area contributed by atoms with Crippen molar-refractivity contribution in [2.75, 3.05) is 24.3 Å². The van der Waals surface area contributed by atoms with Crippen LogP contribution in [-0.4, -0.2) is 29.8 Å². The monoisotopic (exact) mass is 374 g/mol. The van der Waals surface area contributed by atoms with Crippen LogP contribution in [0.5, 0.6) is 0 Å². The van der Waals surface area contributed by atoms with Gasteiger partial charge in [-0.15, -0.1) is 0 Å². The minimum Gasteiger partial charge on any atom is -0.378 e. The molecule has 0 amide bonds. The van der Waals surface area contributed by atoms with Gasteiger partial charge in [0.2, 0.25) is 0 Å². The molecule has 28 heavy (non-hydrogen) atoms. The van der Waals surface area contributed by atoms with Crippen LogP contribution in [0.15, 0.2) is 48.8 Å². The average Bonchev–Trinajstić information content (AvgIpc) is 3.00.